The number of halogens is 2. The second-order valence-corrected chi connectivity index (χ2v) is 5.06. The van der Waals surface area contributed by atoms with Crippen LogP contribution < -0.4 is 11.1 Å². The molecule has 1 heterocycles. The zero-order valence-corrected chi connectivity index (χ0v) is 12.0. The van der Waals surface area contributed by atoms with Gasteiger partial charge in [0.05, 0.1) is 11.4 Å². The topological polar surface area (TPSA) is 63.8 Å². The molecule has 0 bridgehead atoms. The standard InChI is InChI=1S/C11H10ClIN4/c1-6-9(14)10(17-11(12)15-6)16-8-4-2-3-7(13)5-8/h2-5H,14H2,1H3,(H,15,16,17). The number of nitrogens with zero attached hydrogens (tertiary/aromatic N) is 2. The molecule has 0 saturated heterocycles. The van der Waals surface area contributed by atoms with Gasteiger partial charge in [0.1, 0.15) is 0 Å². The van der Waals surface area contributed by atoms with E-state index in [1.54, 1.807) is 6.92 Å². The van der Waals surface area contributed by atoms with E-state index < -0.39 is 0 Å². The number of aryl methyl sites for hydroxylation is 1. The smallest absolute Gasteiger partial charge is 0.224 e. The van der Waals surface area contributed by atoms with Crippen LogP contribution in [0.15, 0.2) is 24.3 Å². The molecular formula is C11H10ClIN4. The van der Waals surface area contributed by atoms with Crippen molar-refractivity contribution in [2.75, 3.05) is 11.1 Å². The Kier molecular flexibility index (Phi) is 3.68. The highest BCUT2D eigenvalue weighted by atomic mass is 127. The number of aromatic nitrogens is 2. The van der Waals surface area contributed by atoms with Gasteiger partial charge in [0.2, 0.25) is 5.28 Å². The Morgan fingerprint density at radius 1 is 1.35 bits per heavy atom. The van der Waals surface area contributed by atoms with Crippen molar-refractivity contribution < 1.29 is 0 Å². The maximum Gasteiger partial charge on any atom is 0.224 e. The second kappa shape index (κ2) is 5.05. The first-order chi connectivity index (χ1) is 8.06. The van der Waals surface area contributed by atoms with E-state index in [0.29, 0.717) is 17.2 Å². The monoisotopic (exact) mass is 360 g/mol. The van der Waals surface area contributed by atoms with E-state index in [2.05, 4.69) is 37.9 Å². The van der Waals surface area contributed by atoms with Gasteiger partial charge < -0.3 is 11.1 Å². The molecule has 3 N–H and O–H groups in total. The summed E-state index contributed by atoms with van der Waals surface area (Å²) in [4.78, 5) is 8.06. The number of nitrogen functional groups attached to an aromatic ring is 1. The van der Waals surface area contributed by atoms with Crippen molar-refractivity contribution in [2.45, 2.75) is 6.92 Å². The average Bonchev–Trinajstić information content (AvgIpc) is 2.25. The molecule has 0 atom stereocenters. The van der Waals surface area contributed by atoms with Crippen LogP contribution in [0.25, 0.3) is 0 Å². The zero-order valence-electron chi connectivity index (χ0n) is 9.04. The minimum absolute atomic E-state index is 0.185. The van der Waals surface area contributed by atoms with Crippen molar-refractivity contribution in [2.24, 2.45) is 0 Å². The van der Waals surface area contributed by atoms with Gasteiger partial charge in [0.15, 0.2) is 5.82 Å². The van der Waals surface area contributed by atoms with E-state index in [1.807, 2.05) is 24.3 Å². The molecule has 4 nitrogen and oxygen atoms in total. The summed E-state index contributed by atoms with van der Waals surface area (Å²) < 4.78 is 1.13. The fourth-order valence-corrected chi connectivity index (χ4v) is 2.10. The van der Waals surface area contributed by atoms with Crippen LogP contribution in [0.1, 0.15) is 5.69 Å². The van der Waals surface area contributed by atoms with Gasteiger partial charge in [0, 0.05) is 9.26 Å². The summed E-state index contributed by atoms with van der Waals surface area (Å²) in [5.74, 6) is 0.532. The highest BCUT2D eigenvalue weighted by Gasteiger charge is 2.07. The lowest BCUT2D eigenvalue weighted by Crippen LogP contribution is -2.03. The third-order valence-corrected chi connectivity index (χ3v) is 3.04. The van der Waals surface area contributed by atoms with E-state index in [1.165, 1.54) is 0 Å². The summed E-state index contributed by atoms with van der Waals surface area (Å²) in [6.07, 6.45) is 0. The summed E-state index contributed by atoms with van der Waals surface area (Å²) in [7, 11) is 0. The molecule has 0 amide bonds. The first-order valence-electron chi connectivity index (χ1n) is 4.88. The van der Waals surface area contributed by atoms with Gasteiger partial charge >= 0.3 is 0 Å². The molecule has 0 unspecified atom stereocenters. The highest BCUT2D eigenvalue weighted by Crippen LogP contribution is 2.25. The number of anilines is 3. The SMILES string of the molecule is Cc1nc(Cl)nc(Nc2cccc(I)c2)c1N. The molecule has 6 heteroatoms. The maximum atomic E-state index is 5.89. The Morgan fingerprint density at radius 3 is 2.82 bits per heavy atom. The Bertz CT molecular complexity index is 559. The summed E-state index contributed by atoms with van der Waals surface area (Å²) in [5.41, 5.74) is 7.98. The van der Waals surface area contributed by atoms with Crippen molar-refractivity contribution in [3.63, 3.8) is 0 Å². The molecular weight excluding hydrogens is 351 g/mol. The van der Waals surface area contributed by atoms with Crippen molar-refractivity contribution in [3.8, 4) is 0 Å². The molecule has 2 aromatic rings. The number of benzene rings is 1. The number of hydrogen-bond donors (Lipinski definition) is 2. The lowest BCUT2D eigenvalue weighted by Gasteiger charge is -2.10. The Labute approximate surface area is 118 Å². The minimum Gasteiger partial charge on any atom is -0.394 e. The van der Waals surface area contributed by atoms with E-state index >= 15 is 0 Å². The molecule has 1 aromatic heterocycles. The van der Waals surface area contributed by atoms with Gasteiger partial charge in [-0.25, -0.2) is 4.98 Å². The number of nitrogens with two attached hydrogens (primary N) is 1. The molecule has 0 radical (unpaired) electrons. The van der Waals surface area contributed by atoms with E-state index in [9.17, 15) is 0 Å². The van der Waals surface area contributed by atoms with Crippen LogP contribution in [0, 0.1) is 10.5 Å². The van der Waals surface area contributed by atoms with Crippen molar-refractivity contribution in [1.29, 1.82) is 0 Å². The molecule has 0 aliphatic carbocycles. The Balaban J connectivity index is 2.36. The Morgan fingerprint density at radius 2 is 2.12 bits per heavy atom. The van der Waals surface area contributed by atoms with Crippen LogP contribution in [-0.2, 0) is 0 Å². The molecule has 88 valence electrons. The summed E-state index contributed by atoms with van der Waals surface area (Å²) >= 11 is 8.04. The number of hydrogen-bond acceptors (Lipinski definition) is 4. The number of rotatable bonds is 2. The van der Waals surface area contributed by atoms with Gasteiger partial charge in [-0.15, -0.1) is 0 Å². The fraction of sp³-hybridized carbons (Fsp3) is 0.0909. The molecule has 0 aliphatic heterocycles. The predicted octanol–water partition coefficient (Wildman–Crippen LogP) is 3.37. The van der Waals surface area contributed by atoms with Gasteiger partial charge in [-0.2, -0.15) is 4.98 Å². The third kappa shape index (κ3) is 2.98. The van der Waals surface area contributed by atoms with Crippen LogP contribution in [0.5, 0.6) is 0 Å². The quantitative estimate of drug-likeness (QED) is 0.637. The van der Waals surface area contributed by atoms with Crippen LogP contribution in [0.2, 0.25) is 5.28 Å². The Hall–Kier alpha value is -1.08. The second-order valence-electron chi connectivity index (χ2n) is 3.48. The van der Waals surface area contributed by atoms with Crippen molar-refractivity contribution >= 4 is 51.4 Å². The third-order valence-electron chi connectivity index (χ3n) is 2.20. The molecule has 0 saturated carbocycles. The molecule has 0 aliphatic rings. The first kappa shape index (κ1) is 12.4. The van der Waals surface area contributed by atoms with Crippen molar-refractivity contribution in [1.82, 2.24) is 9.97 Å². The summed E-state index contributed by atoms with van der Waals surface area (Å²) in [6, 6.07) is 7.89. The van der Waals surface area contributed by atoms with Gasteiger partial charge in [-0.3, -0.25) is 0 Å². The minimum atomic E-state index is 0.185. The lowest BCUT2D eigenvalue weighted by molar-refractivity contribution is 1.11. The van der Waals surface area contributed by atoms with Crippen LogP contribution in [0.3, 0.4) is 0 Å². The van der Waals surface area contributed by atoms with Gasteiger partial charge in [-0.1, -0.05) is 6.07 Å². The van der Waals surface area contributed by atoms with E-state index in [-0.39, 0.29) is 5.28 Å². The predicted molar refractivity (Wildman–Crippen MR) is 78.6 cm³/mol. The fourth-order valence-electron chi connectivity index (χ4n) is 1.35. The zero-order chi connectivity index (χ0) is 12.4. The number of nitrogens with one attached hydrogen (secondary N) is 1. The average molecular weight is 361 g/mol. The van der Waals surface area contributed by atoms with Crippen LogP contribution in [-0.4, -0.2) is 9.97 Å². The summed E-state index contributed by atoms with van der Waals surface area (Å²) in [5, 5.41) is 3.31. The molecule has 17 heavy (non-hydrogen) atoms. The molecule has 1 aromatic carbocycles. The van der Waals surface area contributed by atoms with E-state index in [0.717, 1.165) is 9.26 Å². The normalized spacial score (nSPS) is 10.3. The van der Waals surface area contributed by atoms with Gasteiger partial charge in [-0.05, 0) is 59.3 Å². The molecule has 0 fully saturated rings. The lowest BCUT2D eigenvalue weighted by atomic mass is 10.3. The highest BCUT2D eigenvalue weighted by molar-refractivity contribution is 14.1. The van der Waals surface area contributed by atoms with Crippen LogP contribution in [0.4, 0.5) is 17.2 Å². The van der Waals surface area contributed by atoms with Crippen LogP contribution >= 0.6 is 34.2 Å². The largest absolute Gasteiger partial charge is 0.394 e. The molecule has 0 spiro atoms. The first-order valence-corrected chi connectivity index (χ1v) is 6.34. The molecule has 2 rings (SSSR count). The van der Waals surface area contributed by atoms with Gasteiger partial charge in [0.25, 0.3) is 0 Å². The van der Waals surface area contributed by atoms with Crippen molar-refractivity contribution in [3.05, 3.63) is 38.8 Å². The maximum absolute atomic E-state index is 5.89. The van der Waals surface area contributed by atoms with E-state index in [4.69, 9.17) is 17.3 Å². The summed E-state index contributed by atoms with van der Waals surface area (Å²) in [6.45, 7) is 1.79.